The summed E-state index contributed by atoms with van der Waals surface area (Å²) >= 11 is 5.17. The first-order chi connectivity index (χ1) is 7.22. The fraction of sp³-hybridized carbons (Fsp3) is 0.778. The molecule has 0 spiro atoms. The Kier molecular flexibility index (Phi) is 3.06. The van der Waals surface area contributed by atoms with Gasteiger partial charge < -0.3 is 10.6 Å². The molecule has 0 aromatic carbocycles. The van der Waals surface area contributed by atoms with Crippen LogP contribution in [0.15, 0.2) is 0 Å². The Morgan fingerprint density at radius 3 is 3.07 bits per heavy atom. The molecule has 1 unspecified atom stereocenters. The first-order valence-electron chi connectivity index (χ1n) is 5.37. The monoisotopic (exact) mass is 227 g/mol. The zero-order valence-electron chi connectivity index (χ0n) is 8.94. The summed E-state index contributed by atoms with van der Waals surface area (Å²) < 4.78 is 2.58. The van der Waals surface area contributed by atoms with Crippen LogP contribution in [0.2, 0.25) is 0 Å². The van der Waals surface area contributed by atoms with Gasteiger partial charge in [0.2, 0.25) is 5.95 Å². The summed E-state index contributed by atoms with van der Waals surface area (Å²) in [4.78, 5) is 2.42. The fourth-order valence-corrected chi connectivity index (χ4v) is 2.49. The molecule has 1 saturated heterocycles. The molecule has 0 bridgehead atoms. The van der Waals surface area contributed by atoms with Crippen molar-refractivity contribution >= 4 is 18.2 Å². The van der Waals surface area contributed by atoms with E-state index in [0.717, 1.165) is 19.5 Å². The number of piperidine rings is 1. The van der Waals surface area contributed by atoms with Crippen LogP contribution in [0.5, 0.6) is 0 Å². The predicted octanol–water partition coefficient (Wildman–Crippen LogP) is 1.18. The summed E-state index contributed by atoms with van der Waals surface area (Å²) in [6.07, 6.45) is 2.33. The van der Waals surface area contributed by atoms with Crippen LogP contribution in [-0.2, 0) is 0 Å². The minimum atomic E-state index is 0.380. The van der Waals surface area contributed by atoms with Gasteiger partial charge in [0.25, 0.3) is 0 Å². The number of likely N-dealkylation sites (tertiary alicyclic amines) is 1. The molecule has 0 saturated carbocycles. The lowest BCUT2D eigenvalue weighted by Crippen LogP contribution is -2.36. The van der Waals surface area contributed by atoms with E-state index in [4.69, 9.17) is 18.0 Å². The number of nitrogen functional groups attached to an aromatic ring is 1. The lowest BCUT2D eigenvalue weighted by molar-refractivity contribution is 0.185. The third-order valence-electron chi connectivity index (χ3n) is 3.02. The minimum Gasteiger partial charge on any atom is -0.368 e. The van der Waals surface area contributed by atoms with Gasteiger partial charge in [-0.25, -0.2) is 5.10 Å². The zero-order valence-corrected chi connectivity index (χ0v) is 9.76. The van der Waals surface area contributed by atoms with Crippen molar-refractivity contribution in [2.24, 2.45) is 0 Å². The van der Waals surface area contributed by atoms with E-state index < -0.39 is 0 Å². The number of aromatic amines is 1. The van der Waals surface area contributed by atoms with Gasteiger partial charge in [-0.3, -0.25) is 4.57 Å². The highest BCUT2D eigenvalue weighted by Gasteiger charge is 2.22. The normalized spacial score (nSPS) is 23.1. The topological polar surface area (TPSA) is 62.9 Å². The highest BCUT2D eigenvalue weighted by molar-refractivity contribution is 7.71. The van der Waals surface area contributed by atoms with Gasteiger partial charge in [-0.15, -0.1) is 5.10 Å². The quantitative estimate of drug-likeness (QED) is 0.745. The Morgan fingerprint density at radius 2 is 2.47 bits per heavy atom. The van der Waals surface area contributed by atoms with Crippen LogP contribution in [0.4, 0.5) is 5.95 Å². The predicted molar refractivity (Wildman–Crippen MR) is 62.2 cm³/mol. The molecule has 1 aromatic heterocycles. The second-order valence-electron chi connectivity index (χ2n) is 3.95. The second kappa shape index (κ2) is 4.32. The SMILES string of the molecule is CCN1CCCC(n2c(N)n[nH]c2=S)C1. The van der Waals surface area contributed by atoms with Crippen molar-refractivity contribution in [1.82, 2.24) is 19.7 Å². The number of hydrogen-bond acceptors (Lipinski definition) is 4. The molecule has 3 N–H and O–H groups in total. The smallest absolute Gasteiger partial charge is 0.220 e. The maximum atomic E-state index is 5.79. The molecule has 1 fully saturated rings. The molecule has 1 aliphatic rings. The van der Waals surface area contributed by atoms with Gasteiger partial charge in [0.05, 0.1) is 6.04 Å². The lowest BCUT2D eigenvalue weighted by atomic mass is 10.1. The largest absolute Gasteiger partial charge is 0.368 e. The molecule has 0 radical (unpaired) electrons. The molecule has 1 atom stereocenters. The third-order valence-corrected chi connectivity index (χ3v) is 3.31. The summed E-state index contributed by atoms with van der Waals surface area (Å²) in [6, 6.07) is 0.380. The van der Waals surface area contributed by atoms with Crippen molar-refractivity contribution < 1.29 is 0 Å². The van der Waals surface area contributed by atoms with Gasteiger partial charge in [0.15, 0.2) is 4.77 Å². The molecular formula is C9H17N5S. The summed E-state index contributed by atoms with van der Waals surface area (Å²) in [6.45, 7) is 5.47. The van der Waals surface area contributed by atoms with Crippen molar-refractivity contribution in [1.29, 1.82) is 0 Å². The van der Waals surface area contributed by atoms with Crippen molar-refractivity contribution in [2.45, 2.75) is 25.8 Å². The third kappa shape index (κ3) is 2.05. The number of anilines is 1. The zero-order chi connectivity index (χ0) is 10.8. The number of nitrogens with zero attached hydrogens (tertiary/aromatic N) is 3. The Labute approximate surface area is 94.3 Å². The number of likely N-dealkylation sites (N-methyl/N-ethyl adjacent to an activating group) is 1. The first-order valence-corrected chi connectivity index (χ1v) is 5.78. The van der Waals surface area contributed by atoms with Gasteiger partial charge >= 0.3 is 0 Å². The first kappa shape index (κ1) is 10.6. The van der Waals surface area contributed by atoms with E-state index in [0.29, 0.717) is 16.8 Å². The Hall–Kier alpha value is -0.880. The van der Waals surface area contributed by atoms with E-state index in [2.05, 4.69) is 22.0 Å². The van der Waals surface area contributed by atoms with Crippen molar-refractivity contribution in [3.05, 3.63) is 4.77 Å². The number of rotatable bonds is 2. The average Bonchev–Trinajstić information content (AvgIpc) is 2.59. The molecule has 2 rings (SSSR count). The summed E-state index contributed by atoms with van der Waals surface area (Å²) in [5.74, 6) is 0.503. The van der Waals surface area contributed by atoms with Crippen LogP contribution < -0.4 is 5.73 Å². The molecule has 84 valence electrons. The Bertz CT molecular complexity index is 382. The van der Waals surface area contributed by atoms with E-state index in [1.165, 1.54) is 13.0 Å². The van der Waals surface area contributed by atoms with Crippen molar-refractivity contribution in [3.8, 4) is 0 Å². The van der Waals surface area contributed by atoms with Crippen LogP contribution >= 0.6 is 12.2 Å². The number of nitrogens with one attached hydrogen (secondary N) is 1. The van der Waals surface area contributed by atoms with E-state index in [-0.39, 0.29) is 0 Å². The highest BCUT2D eigenvalue weighted by Crippen LogP contribution is 2.23. The van der Waals surface area contributed by atoms with Crippen LogP contribution in [0, 0.1) is 4.77 Å². The van der Waals surface area contributed by atoms with Gasteiger partial charge in [-0.2, -0.15) is 0 Å². The van der Waals surface area contributed by atoms with Crippen molar-refractivity contribution in [2.75, 3.05) is 25.4 Å². The van der Waals surface area contributed by atoms with Gasteiger partial charge in [-0.05, 0) is 38.1 Å². The number of hydrogen-bond donors (Lipinski definition) is 2. The number of H-pyrrole nitrogens is 1. The van der Waals surface area contributed by atoms with Crippen molar-refractivity contribution in [3.63, 3.8) is 0 Å². The van der Waals surface area contributed by atoms with Crippen LogP contribution in [0.25, 0.3) is 0 Å². The van der Waals surface area contributed by atoms with E-state index in [9.17, 15) is 0 Å². The van der Waals surface area contributed by atoms with Gasteiger partial charge in [0.1, 0.15) is 0 Å². The van der Waals surface area contributed by atoms with Crippen LogP contribution in [-0.4, -0.2) is 39.3 Å². The van der Waals surface area contributed by atoms with Gasteiger partial charge in [0, 0.05) is 6.54 Å². The second-order valence-corrected chi connectivity index (χ2v) is 4.33. The van der Waals surface area contributed by atoms with Gasteiger partial charge in [-0.1, -0.05) is 6.92 Å². The minimum absolute atomic E-state index is 0.380. The fourth-order valence-electron chi connectivity index (χ4n) is 2.20. The Morgan fingerprint density at radius 1 is 1.67 bits per heavy atom. The van der Waals surface area contributed by atoms with Crippen LogP contribution in [0.1, 0.15) is 25.8 Å². The molecule has 2 heterocycles. The standard InChI is InChI=1S/C9H17N5S/c1-2-13-5-3-4-7(6-13)14-8(10)11-12-9(14)15/h7H,2-6H2,1H3,(H2,10,11)(H,12,15). The highest BCUT2D eigenvalue weighted by atomic mass is 32.1. The molecule has 0 amide bonds. The number of aromatic nitrogens is 3. The molecule has 0 aliphatic carbocycles. The van der Waals surface area contributed by atoms with Crippen LogP contribution in [0.3, 0.4) is 0 Å². The average molecular weight is 227 g/mol. The molecule has 6 heteroatoms. The van der Waals surface area contributed by atoms with E-state index in [1.807, 2.05) is 4.57 Å². The molecular weight excluding hydrogens is 210 g/mol. The summed E-state index contributed by atoms with van der Waals surface area (Å²) in [5.41, 5.74) is 5.79. The number of nitrogens with two attached hydrogens (primary N) is 1. The lowest BCUT2D eigenvalue weighted by Gasteiger charge is -2.32. The molecule has 1 aromatic rings. The summed E-state index contributed by atoms with van der Waals surface area (Å²) in [5, 5.41) is 6.69. The Balaban J connectivity index is 2.20. The maximum absolute atomic E-state index is 5.79. The van der Waals surface area contributed by atoms with E-state index in [1.54, 1.807) is 0 Å². The maximum Gasteiger partial charge on any atom is 0.220 e. The molecule has 5 nitrogen and oxygen atoms in total. The molecule has 15 heavy (non-hydrogen) atoms. The summed E-state index contributed by atoms with van der Waals surface area (Å²) in [7, 11) is 0. The van der Waals surface area contributed by atoms with E-state index >= 15 is 0 Å². The molecule has 1 aliphatic heterocycles.